The van der Waals surface area contributed by atoms with Crippen molar-refractivity contribution in [3.63, 3.8) is 0 Å². The molecule has 0 spiro atoms. The molecule has 17 heavy (non-hydrogen) atoms. The SMILES string of the molecule is CC.CCC1(C(=O)N2CCCC2C(C)C)CC1. The highest BCUT2D eigenvalue weighted by atomic mass is 16.2. The molecule has 0 aromatic rings. The first-order valence-corrected chi connectivity index (χ1v) is 7.42. The van der Waals surface area contributed by atoms with Gasteiger partial charge >= 0.3 is 0 Å². The summed E-state index contributed by atoms with van der Waals surface area (Å²) in [6.45, 7) is 11.6. The lowest BCUT2D eigenvalue weighted by Crippen LogP contribution is -2.42. The number of likely N-dealkylation sites (tertiary alicyclic amines) is 1. The maximum atomic E-state index is 12.4. The Bertz CT molecular complexity index is 256. The molecule has 0 bridgehead atoms. The van der Waals surface area contributed by atoms with E-state index in [9.17, 15) is 4.79 Å². The minimum Gasteiger partial charge on any atom is -0.339 e. The molecule has 2 rings (SSSR count). The molecule has 2 aliphatic rings. The fraction of sp³-hybridized carbons (Fsp3) is 0.933. The summed E-state index contributed by atoms with van der Waals surface area (Å²) in [7, 11) is 0. The second kappa shape index (κ2) is 5.88. The Balaban J connectivity index is 0.000000686. The fourth-order valence-corrected chi connectivity index (χ4v) is 2.91. The van der Waals surface area contributed by atoms with E-state index in [4.69, 9.17) is 0 Å². The first-order valence-electron chi connectivity index (χ1n) is 7.42. The standard InChI is InChI=1S/C13H23NO.C2H6/c1-4-13(7-8-13)12(15)14-9-5-6-11(14)10(2)3;1-2/h10-11H,4-9H2,1-3H3;1-2H3. The van der Waals surface area contributed by atoms with Crippen LogP contribution in [0.2, 0.25) is 0 Å². The van der Waals surface area contributed by atoms with Crippen molar-refractivity contribution in [1.82, 2.24) is 4.90 Å². The molecule has 1 saturated carbocycles. The van der Waals surface area contributed by atoms with Crippen molar-refractivity contribution in [3.05, 3.63) is 0 Å². The van der Waals surface area contributed by atoms with Gasteiger partial charge in [-0.05, 0) is 38.0 Å². The Morgan fingerprint density at radius 3 is 2.35 bits per heavy atom. The maximum Gasteiger partial charge on any atom is 0.229 e. The molecular weight excluding hydrogens is 210 g/mol. The number of carbonyl (C=O) groups excluding carboxylic acids is 1. The first-order chi connectivity index (χ1) is 8.10. The van der Waals surface area contributed by atoms with Gasteiger partial charge < -0.3 is 4.90 Å². The lowest BCUT2D eigenvalue weighted by Gasteiger charge is -2.31. The van der Waals surface area contributed by atoms with E-state index in [1.807, 2.05) is 13.8 Å². The molecule has 1 amide bonds. The molecule has 100 valence electrons. The molecule has 2 nitrogen and oxygen atoms in total. The molecule has 0 aromatic carbocycles. The number of hydrogen-bond donors (Lipinski definition) is 0. The highest BCUT2D eigenvalue weighted by Gasteiger charge is 2.51. The molecule has 1 heterocycles. The summed E-state index contributed by atoms with van der Waals surface area (Å²) >= 11 is 0. The minimum absolute atomic E-state index is 0.0669. The van der Waals surface area contributed by atoms with Gasteiger partial charge in [-0.3, -0.25) is 4.79 Å². The predicted octanol–water partition coefficient (Wildman–Crippen LogP) is 3.85. The summed E-state index contributed by atoms with van der Waals surface area (Å²) in [5.74, 6) is 1.07. The van der Waals surface area contributed by atoms with E-state index >= 15 is 0 Å². The summed E-state index contributed by atoms with van der Waals surface area (Å²) in [5, 5.41) is 0. The molecular formula is C15H29NO. The number of rotatable bonds is 3. The highest BCUT2D eigenvalue weighted by Crippen LogP contribution is 2.51. The Morgan fingerprint density at radius 2 is 1.94 bits per heavy atom. The van der Waals surface area contributed by atoms with E-state index in [0.29, 0.717) is 17.9 Å². The Kier molecular flexibility index (Phi) is 5.03. The quantitative estimate of drug-likeness (QED) is 0.732. The smallest absolute Gasteiger partial charge is 0.229 e. The molecule has 0 radical (unpaired) electrons. The van der Waals surface area contributed by atoms with E-state index in [1.165, 1.54) is 12.8 Å². The van der Waals surface area contributed by atoms with Crippen LogP contribution in [-0.4, -0.2) is 23.4 Å². The van der Waals surface area contributed by atoms with E-state index in [-0.39, 0.29) is 5.41 Å². The zero-order valence-electron chi connectivity index (χ0n) is 12.3. The van der Waals surface area contributed by atoms with Crippen LogP contribution in [-0.2, 0) is 4.79 Å². The molecule has 1 atom stereocenters. The second-order valence-corrected chi connectivity index (χ2v) is 5.59. The molecule has 2 fully saturated rings. The van der Waals surface area contributed by atoms with Gasteiger partial charge in [-0.1, -0.05) is 34.6 Å². The fourth-order valence-electron chi connectivity index (χ4n) is 2.91. The molecule has 0 N–H and O–H groups in total. The first kappa shape index (κ1) is 14.5. The van der Waals surface area contributed by atoms with Crippen LogP contribution in [0.3, 0.4) is 0 Å². The van der Waals surface area contributed by atoms with Gasteiger partial charge in [0, 0.05) is 18.0 Å². The van der Waals surface area contributed by atoms with E-state index < -0.39 is 0 Å². The van der Waals surface area contributed by atoms with E-state index in [0.717, 1.165) is 25.8 Å². The lowest BCUT2D eigenvalue weighted by molar-refractivity contribution is -0.138. The number of amides is 1. The third-order valence-electron chi connectivity index (χ3n) is 4.31. The van der Waals surface area contributed by atoms with Gasteiger partial charge in [-0.25, -0.2) is 0 Å². The number of carbonyl (C=O) groups is 1. The van der Waals surface area contributed by atoms with Crippen molar-refractivity contribution in [3.8, 4) is 0 Å². The van der Waals surface area contributed by atoms with Gasteiger partial charge in [0.05, 0.1) is 0 Å². The van der Waals surface area contributed by atoms with Gasteiger partial charge in [-0.2, -0.15) is 0 Å². The summed E-state index contributed by atoms with van der Waals surface area (Å²) < 4.78 is 0. The highest BCUT2D eigenvalue weighted by molar-refractivity contribution is 5.85. The van der Waals surface area contributed by atoms with E-state index in [1.54, 1.807) is 0 Å². The topological polar surface area (TPSA) is 20.3 Å². The second-order valence-electron chi connectivity index (χ2n) is 5.59. The van der Waals surface area contributed by atoms with Crippen LogP contribution in [0.25, 0.3) is 0 Å². The van der Waals surface area contributed by atoms with Crippen molar-refractivity contribution in [2.75, 3.05) is 6.54 Å². The van der Waals surface area contributed by atoms with Crippen molar-refractivity contribution < 1.29 is 4.79 Å². The van der Waals surface area contributed by atoms with Crippen molar-refractivity contribution in [2.45, 2.75) is 72.8 Å². The van der Waals surface area contributed by atoms with Crippen molar-refractivity contribution >= 4 is 5.91 Å². The van der Waals surface area contributed by atoms with Crippen molar-refractivity contribution in [1.29, 1.82) is 0 Å². The zero-order valence-corrected chi connectivity index (χ0v) is 12.3. The Hall–Kier alpha value is -0.530. The largest absolute Gasteiger partial charge is 0.339 e. The third kappa shape index (κ3) is 2.83. The average Bonchev–Trinajstić information content (AvgIpc) is 2.99. The molecule has 1 aliphatic heterocycles. The minimum atomic E-state index is 0.0669. The van der Waals surface area contributed by atoms with Gasteiger partial charge in [0.15, 0.2) is 0 Å². The average molecular weight is 239 g/mol. The van der Waals surface area contributed by atoms with Crippen LogP contribution < -0.4 is 0 Å². The zero-order chi connectivity index (χ0) is 13.1. The molecule has 2 heteroatoms. The number of nitrogens with zero attached hydrogens (tertiary/aromatic N) is 1. The summed E-state index contributed by atoms with van der Waals surface area (Å²) in [4.78, 5) is 14.6. The maximum absolute atomic E-state index is 12.4. The number of hydrogen-bond acceptors (Lipinski definition) is 1. The van der Waals surface area contributed by atoms with Crippen LogP contribution in [0.4, 0.5) is 0 Å². The summed E-state index contributed by atoms with van der Waals surface area (Å²) in [6, 6.07) is 0.515. The Labute approximate surface area is 107 Å². The van der Waals surface area contributed by atoms with Gasteiger partial charge in [0.25, 0.3) is 0 Å². The van der Waals surface area contributed by atoms with Gasteiger partial charge in [-0.15, -0.1) is 0 Å². The van der Waals surface area contributed by atoms with Crippen LogP contribution >= 0.6 is 0 Å². The van der Waals surface area contributed by atoms with Crippen LogP contribution in [0, 0.1) is 11.3 Å². The Morgan fingerprint density at radius 1 is 1.35 bits per heavy atom. The van der Waals surface area contributed by atoms with Crippen LogP contribution in [0.1, 0.15) is 66.7 Å². The van der Waals surface area contributed by atoms with Crippen LogP contribution in [0.5, 0.6) is 0 Å². The van der Waals surface area contributed by atoms with Gasteiger partial charge in [0.2, 0.25) is 5.91 Å². The molecule has 0 aromatic heterocycles. The van der Waals surface area contributed by atoms with Crippen molar-refractivity contribution in [2.24, 2.45) is 11.3 Å². The van der Waals surface area contributed by atoms with Crippen LogP contribution in [0.15, 0.2) is 0 Å². The summed E-state index contributed by atoms with van der Waals surface area (Å²) in [5.41, 5.74) is 0.0669. The van der Waals surface area contributed by atoms with E-state index in [2.05, 4.69) is 25.7 Å². The summed E-state index contributed by atoms with van der Waals surface area (Å²) in [6.07, 6.45) is 5.71. The molecule has 1 aliphatic carbocycles. The predicted molar refractivity (Wildman–Crippen MR) is 72.9 cm³/mol. The lowest BCUT2D eigenvalue weighted by atomic mass is 9.98. The third-order valence-corrected chi connectivity index (χ3v) is 4.31. The molecule has 1 saturated heterocycles. The van der Waals surface area contributed by atoms with Gasteiger partial charge in [0.1, 0.15) is 0 Å². The molecule has 1 unspecified atom stereocenters. The monoisotopic (exact) mass is 239 g/mol. The normalized spacial score (nSPS) is 25.5.